The lowest BCUT2D eigenvalue weighted by Crippen LogP contribution is -2.10. The molecule has 1 aromatic rings. The summed E-state index contributed by atoms with van der Waals surface area (Å²) in [6.45, 7) is 7.87. The Kier molecular flexibility index (Phi) is 6.71. The molecule has 25 heavy (non-hydrogen) atoms. The molecule has 1 aliphatic rings. The van der Waals surface area contributed by atoms with Gasteiger partial charge in [-0.1, -0.05) is 30.4 Å². The SMILES string of the molecule is CC(C)Oc1cccc(OC(C)C)c1C=CC(=O)C1=CCC(=S)C=C1. The van der Waals surface area contributed by atoms with Crippen LogP contribution in [0.3, 0.4) is 0 Å². The fourth-order valence-corrected chi connectivity index (χ4v) is 2.52. The molecule has 0 aliphatic heterocycles. The number of benzene rings is 1. The van der Waals surface area contributed by atoms with Crippen molar-refractivity contribution in [1.29, 1.82) is 0 Å². The van der Waals surface area contributed by atoms with E-state index in [0.717, 1.165) is 10.4 Å². The van der Waals surface area contributed by atoms with E-state index in [9.17, 15) is 4.79 Å². The molecular weight excluding hydrogens is 332 g/mol. The maximum atomic E-state index is 12.4. The van der Waals surface area contributed by atoms with Crippen LogP contribution in [0.25, 0.3) is 6.08 Å². The molecule has 2 rings (SSSR count). The highest BCUT2D eigenvalue weighted by Gasteiger charge is 2.13. The van der Waals surface area contributed by atoms with Crippen LogP contribution >= 0.6 is 12.2 Å². The molecule has 0 radical (unpaired) electrons. The summed E-state index contributed by atoms with van der Waals surface area (Å²) < 4.78 is 11.7. The lowest BCUT2D eigenvalue weighted by molar-refractivity contribution is -0.111. The summed E-state index contributed by atoms with van der Waals surface area (Å²) in [5.41, 5.74) is 1.42. The number of thiocarbonyl (C=S) groups is 1. The molecule has 4 heteroatoms. The Bertz CT molecular complexity index is 711. The van der Waals surface area contributed by atoms with Gasteiger partial charge in [0.2, 0.25) is 0 Å². The van der Waals surface area contributed by atoms with Crippen LogP contribution in [0.15, 0.2) is 48.1 Å². The first-order chi connectivity index (χ1) is 11.9. The highest BCUT2D eigenvalue weighted by molar-refractivity contribution is 7.80. The second kappa shape index (κ2) is 8.77. The number of hydrogen-bond donors (Lipinski definition) is 0. The molecule has 1 aromatic carbocycles. The summed E-state index contributed by atoms with van der Waals surface area (Å²) in [7, 11) is 0. The molecule has 0 amide bonds. The van der Waals surface area contributed by atoms with Crippen molar-refractivity contribution in [2.45, 2.75) is 46.3 Å². The molecule has 1 aliphatic carbocycles. The largest absolute Gasteiger partial charge is 0.490 e. The van der Waals surface area contributed by atoms with E-state index in [1.54, 1.807) is 24.3 Å². The zero-order chi connectivity index (χ0) is 18.4. The Balaban J connectivity index is 2.30. The van der Waals surface area contributed by atoms with E-state index in [-0.39, 0.29) is 18.0 Å². The van der Waals surface area contributed by atoms with Crippen LogP contribution in [0, 0.1) is 0 Å². The number of carbonyl (C=O) groups excluding carboxylic acids is 1. The van der Waals surface area contributed by atoms with Gasteiger partial charge in [0.25, 0.3) is 0 Å². The predicted octanol–water partition coefficient (Wildman–Crippen LogP) is 5.10. The molecule has 0 atom stereocenters. The van der Waals surface area contributed by atoms with Crippen molar-refractivity contribution in [2.24, 2.45) is 0 Å². The van der Waals surface area contributed by atoms with E-state index in [0.29, 0.717) is 23.5 Å². The monoisotopic (exact) mass is 356 g/mol. The van der Waals surface area contributed by atoms with Crippen LogP contribution in [-0.2, 0) is 4.79 Å². The standard InChI is InChI=1S/C21H24O3S/c1-14(2)23-20-6-5-7-21(24-15(3)4)18(20)12-13-19(22)16-8-10-17(25)11-9-16/h5-10,12-15H,11H2,1-4H3. The van der Waals surface area contributed by atoms with Gasteiger partial charge in [0.1, 0.15) is 11.5 Å². The summed E-state index contributed by atoms with van der Waals surface area (Å²) in [5, 5.41) is 0. The molecule has 0 spiro atoms. The molecular formula is C21H24O3S. The summed E-state index contributed by atoms with van der Waals surface area (Å²) in [6.07, 6.45) is 9.44. The topological polar surface area (TPSA) is 35.5 Å². The van der Waals surface area contributed by atoms with Crippen molar-refractivity contribution in [3.8, 4) is 11.5 Å². The Labute approximate surface area is 155 Å². The van der Waals surface area contributed by atoms with Crippen molar-refractivity contribution in [1.82, 2.24) is 0 Å². The van der Waals surface area contributed by atoms with Gasteiger partial charge < -0.3 is 9.47 Å². The van der Waals surface area contributed by atoms with E-state index in [1.807, 2.05) is 52.0 Å². The third kappa shape index (κ3) is 5.68. The minimum absolute atomic E-state index is 0.0298. The molecule has 0 fully saturated rings. The number of hydrogen-bond acceptors (Lipinski definition) is 4. The second-order valence-electron chi connectivity index (χ2n) is 6.36. The minimum Gasteiger partial charge on any atom is -0.490 e. The van der Waals surface area contributed by atoms with E-state index in [2.05, 4.69) is 0 Å². The molecule has 0 aromatic heterocycles. The Morgan fingerprint density at radius 1 is 1.08 bits per heavy atom. The zero-order valence-electron chi connectivity index (χ0n) is 15.1. The number of ether oxygens (including phenoxy) is 2. The normalized spacial score (nSPS) is 14.3. The summed E-state index contributed by atoms with van der Waals surface area (Å²) in [5.74, 6) is 1.34. The minimum atomic E-state index is -0.0615. The molecule has 0 saturated heterocycles. The van der Waals surface area contributed by atoms with E-state index >= 15 is 0 Å². The zero-order valence-corrected chi connectivity index (χ0v) is 15.9. The van der Waals surface area contributed by atoms with Crippen molar-refractivity contribution in [3.63, 3.8) is 0 Å². The predicted molar refractivity (Wildman–Crippen MR) is 106 cm³/mol. The quantitative estimate of drug-likeness (QED) is 0.503. The van der Waals surface area contributed by atoms with Gasteiger partial charge in [-0.15, -0.1) is 0 Å². The van der Waals surface area contributed by atoms with Crippen molar-refractivity contribution in [2.75, 3.05) is 0 Å². The number of carbonyl (C=O) groups is 1. The molecule has 3 nitrogen and oxygen atoms in total. The van der Waals surface area contributed by atoms with Crippen molar-refractivity contribution < 1.29 is 14.3 Å². The lowest BCUT2D eigenvalue weighted by Gasteiger charge is -2.17. The van der Waals surface area contributed by atoms with Gasteiger partial charge in [0.05, 0.1) is 17.8 Å². The summed E-state index contributed by atoms with van der Waals surface area (Å²) in [6, 6.07) is 5.66. The molecule has 0 unspecified atom stereocenters. The van der Waals surface area contributed by atoms with E-state index in [1.165, 1.54) is 0 Å². The van der Waals surface area contributed by atoms with Crippen LogP contribution in [-0.4, -0.2) is 22.9 Å². The highest BCUT2D eigenvalue weighted by Crippen LogP contribution is 2.31. The van der Waals surface area contributed by atoms with Gasteiger partial charge >= 0.3 is 0 Å². The van der Waals surface area contributed by atoms with Crippen LogP contribution in [0.2, 0.25) is 0 Å². The van der Waals surface area contributed by atoms with E-state index < -0.39 is 0 Å². The average Bonchev–Trinajstić information content (AvgIpc) is 2.53. The first kappa shape index (κ1) is 19.1. The Morgan fingerprint density at radius 3 is 2.16 bits per heavy atom. The van der Waals surface area contributed by atoms with Crippen LogP contribution in [0.1, 0.15) is 39.7 Å². The maximum Gasteiger partial charge on any atom is 0.185 e. The molecule has 0 saturated carbocycles. The molecule has 132 valence electrons. The van der Waals surface area contributed by atoms with Crippen molar-refractivity contribution >= 4 is 28.9 Å². The summed E-state index contributed by atoms with van der Waals surface area (Å²) >= 11 is 5.11. The smallest absolute Gasteiger partial charge is 0.185 e. The van der Waals surface area contributed by atoms with Crippen molar-refractivity contribution in [3.05, 3.63) is 53.6 Å². The number of ketones is 1. The Hall–Kier alpha value is -2.20. The molecule has 0 N–H and O–H groups in total. The van der Waals surface area contributed by atoms with Gasteiger partial charge in [-0.05, 0) is 58.1 Å². The lowest BCUT2D eigenvalue weighted by atomic mass is 10.0. The first-order valence-electron chi connectivity index (χ1n) is 8.46. The fraction of sp³-hybridized carbons (Fsp3) is 0.333. The second-order valence-corrected chi connectivity index (χ2v) is 6.89. The average molecular weight is 356 g/mol. The summed E-state index contributed by atoms with van der Waals surface area (Å²) in [4.78, 5) is 13.3. The van der Waals surface area contributed by atoms with Gasteiger partial charge in [-0.3, -0.25) is 4.79 Å². The number of rotatable bonds is 7. The van der Waals surface area contributed by atoms with Crippen LogP contribution in [0.4, 0.5) is 0 Å². The van der Waals surface area contributed by atoms with Gasteiger partial charge in [0, 0.05) is 16.9 Å². The highest BCUT2D eigenvalue weighted by atomic mass is 32.1. The third-order valence-electron chi connectivity index (χ3n) is 3.41. The maximum absolute atomic E-state index is 12.4. The fourth-order valence-electron chi connectivity index (χ4n) is 2.37. The molecule has 0 bridgehead atoms. The van der Waals surface area contributed by atoms with Gasteiger partial charge in [-0.25, -0.2) is 0 Å². The van der Waals surface area contributed by atoms with Crippen LogP contribution < -0.4 is 9.47 Å². The van der Waals surface area contributed by atoms with Gasteiger partial charge in [-0.2, -0.15) is 0 Å². The molecule has 0 heterocycles. The first-order valence-corrected chi connectivity index (χ1v) is 8.87. The van der Waals surface area contributed by atoms with E-state index in [4.69, 9.17) is 21.7 Å². The van der Waals surface area contributed by atoms with Gasteiger partial charge in [0.15, 0.2) is 5.78 Å². The Morgan fingerprint density at radius 2 is 1.68 bits per heavy atom. The number of allylic oxidation sites excluding steroid dienone is 5. The van der Waals surface area contributed by atoms with Crippen LogP contribution in [0.5, 0.6) is 11.5 Å². The third-order valence-corrected chi connectivity index (χ3v) is 3.71.